The standard InChI is InChI=1S/C16H25NO4/c1-4-8-17-15(16(18-2)19-3)12-6-7-13-14(11-12)21-10-5-9-20-13/h6-7,11,15-17H,4-5,8-10H2,1-3H3. The minimum absolute atomic E-state index is 0.0443. The van der Waals surface area contributed by atoms with Crippen molar-refractivity contribution in [3.8, 4) is 11.5 Å². The minimum Gasteiger partial charge on any atom is -0.490 e. The molecule has 118 valence electrons. The Morgan fingerprint density at radius 1 is 1.14 bits per heavy atom. The third kappa shape index (κ3) is 4.09. The molecule has 0 fully saturated rings. The van der Waals surface area contributed by atoms with Crippen LogP contribution in [-0.2, 0) is 9.47 Å². The van der Waals surface area contributed by atoms with Gasteiger partial charge in [0.1, 0.15) is 0 Å². The van der Waals surface area contributed by atoms with Crippen molar-refractivity contribution in [3.05, 3.63) is 23.8 Å². The molecule has 0 spiro atoms. The van der Waals surface area contributed by atoms with Gasteiger partial charge < -0.3 is 24.3 Å². The number of nitrogens with one attached hydrogen (secondary N) is 1. The lowest BCUT2D eigenvalue weighted by Crippen LogP contribution is -2.35. The van der Waals surface area contributed by atoms with Crippen LogP contribution in [0.1, 0.15) is 31.4 Å². The number of fused-ring (bicyclic) bond motifs is 1. The highest BCUT2D eigenvalue weighted by atomic mass is 16.7. The fourth-order valence-electron chi connectivity index (χ4n) is 2.41. The van der Waals surface area contributed by atoms with E-state index in [0.717, 1.165) is 36.4 Å². The normalized spacial score (nSPS) is 15.8. The molecule has 1 atom stereocenters. The van der Waals surface area contributed by atoms with Gasteiger partial charge in [-0.1, -0.05) is 13.0 Å². The summed E-state index contributed by atoms with van der Waals surface area (Å²) in [6.45, 7) is 4.40. The molecule has 0 amide bonds. The second-order valence-electron chi connectivity index (χ2n) is 5.03. The summed E-state index contributed by atoms with van der Waals surface area (Å²) < 4.78 is 22.3. The topological polar surface area (TPSA) is 49.0 Å². The Morgan fingerprint density at radius 3 is 2.52 bits per heavy atom. The molecular formula is C16H25NO4. The Kier molecular flexibility index (Phi) is 6.29. The van der Waals surface area contributed by atoms with Crippen LogP contribution in [0.3, 0.4) is 0 Å². The molecule has 1 heterocycles. The second-order valence-corrected chi connectivity index (χ2v) is 5.03. The van der Waals surface area contributed by atoms with Crippen molar-refractivity contribution in [2.24, 2.45) is 0 Å². The van der Waals surface area contributed by atoms with Crippen LogP contribution in [0.5, 0.6) is 11.5 Å². The summed E-state index contributed by atoms with van der Waals surface area (Å²) in [4.78, 5) is 0. The van der Waals surface area contributed by atoms with E-state index in [1.54, 1.807) is 14.2 Å². The SMILES string of the molecule is CCCNC(c1ccc2c(c1)OCCCO2)C(OC)OC. The summed E-state index contributed by atoms with van der Waals surface area (Å²) in [6.07, 6.45) is 1.60. The molecule has 2 rings (SSSR count). The zero-order chi connectivity index (χ0) is 15.1. The molecule has 0 radical (unpaired) electrons. The van der Waals surface area contributed by atoms with Gasteiger partial charge in [-0.05, 0) is 30.7 Å². The highest BCUT2D eigenvalue weighted by Crippen LogP contribution is 2.33. The fourth-order valence-corrected chi connectivity index (χ4v) is 2.41. The summed E-state index contributed by atoms with van der Waals surface area (Å²) in [6, 6.07) is 5.96. The van der Waals surface area contributed by atoms with E-state index < -0.39 is 0 Å². The van der Waals surface area contributed by atoms with Crippen LogP contribution in [0.2, 0.25) is 0 Å². The van der Waals surface area contributed by atoms with Gasteiger partial charge in [-0.15, -0.1) is 0 Å². The second kappa shape index (κ2) is 8.22. The number of benzene rings is 1. The molecule has 0 aromatic heterocycles. The van der Waals surface area contributed by atoms with E-state index in [2.05, 4.69) is 12.2 Å². The fraction of sp³-hybridized carbons (Fsp3) is 0.625. The lowest BCUT2D eigenvalue weighted by molar-refractivity contribution is -0.124. The van der Waals surface area contributed by atoms with Crippen LogP contribution in [0, 0.1) is 0 Å². The molecule has 0 bridgehead atoms. The molecule has 1 N–H and O–H groups in total. The van der Waals surface area contributed by atoms with Gasteiger partial charge in [0.25, 0.3) is 0 Å². The smallest absolute Gasteiger partial charge is 0.176 e. The lowest BCUT2D eigenvalue weighted by Gasteiger charge is -2.26. The number of rotatable bonds is 7. The van der Waals surface area contributed by atoms with E-state index >= 15 is 0 Å². The predicted octanol–water partition coefficient (Wildman–Crippen LogP) is 2.51. The van der Waals surface area contributed by atoms with Gasteiger partial charge in [-0.2, -0.15) is 0 Å². The first kappa shape index (κ1) is 16.1. The zero-order valence-corrected chi connectivity index (χ0v) is 13.1. The van der Waals surface area contributed by atoms with Crippen LogP contribution >= 0.6 is 0 Å². The molecule has 1 aromatic carbocycles. The maximum atomic E-state index is 5.76. The van der Waals surface area contributed by atoms with Gasteiger partial charge in [-0.3, -0.25) is 0 Å². The van der Waals surface area contributed by atoms with Gasteiger partial charge in [0, 0.05) is 20.6 Å². The van der Waals surface area contributed by atoms with Crippen molar-refractivity contribution >= 4 is 0 Å². The van der Waals surface area contributed by atoms with E-state index in [1.165, 1.54) is 0 Å². The van der Waals surface area contributed by atoms with Crippen LogP contribution in [0.25, 0.3) is 0 Å². The highest BCUT2D eigenvalue weighted by molar-refractivity contribution is 5.44. The maximum Gasteiger partial charge on any atom is 0.176 e. The van der Waals surface area contributed by atoms with E-state index in [0.29, 0.717) is 13.2 Å². The number of methoxy groups -OCH3 is 2. The highest BCUT2D eigenvalue weighted by Gasteiger charge is 2.24. The van der Waals surface area contributed by atoms with Crippen molar-refractivity contribution in [2.75, 3.05) is 34.0 Å². The predicted molar refractivity (Wildman–Crippen MR) is 80.9 cm³/mol. The average molecular weight is 295 g/mol. The lowest BCUT2D eigenvalue weighted by atomic mass is 10.1. The van der Waals surface area contributed by atoms with Crippen LogP contribution in [0.15, 0.2) is 18.2 Å². The molecule has 21 heavy (non-hydrogen) atoms. The number of hydrogen-bond donors (Lipinski definition) is 1. The monoisotopic (exact) mass is 295 g/mol. The minimum atomic E-state index is -0.346. The van der Waals surface area contributed by atoms with Crippen molar-refractivity contribution in [1.29, 1.82) is 0 Å². The Bertz CT molecular complexity index is 434. The van der Waals surface area contributed by atoms with E-state index in [4.69, 9.17) is 18.9 Å². The molecule has 1 unspecified atom stereocenters. The maximum absolute atomic E-state index is 5.76. The van der Waals surface area contributed by atoms with E-state index in [1.807, 2.05) is 18.2 Å². The van der Waals surface area contributed by atoms with Crippen molar-refractivity contribution < 1.29 is 18.9 Å². The van der Waals surface area contributed by atoms with Gasteiger partial charge in [0.2, 0.25) is 0 Å². The quantitative estimate of drug-likeness (QED) is 0.783. The number of ether oxygens (including phenoxy) is 4. The molecule has 5 heteroatoms. The first-order valence-electron chi connectivity index (χ1n) is 7.48. The van der Waals surface area contributed by atoms with Gasteiger partial charge in [0.05, 0.1) is 19.3 Å². The van der Waals surface area contributed by atoms with Gasteiger partial charge in [-0.25, -0.2) is 0 Å². The van der Waals surface area contributed by atoms with Gasteiger partial charge in [0.15, 0.2) is 17.8 Å². The summed E-state index contributed by atoms with van der Waals surface area (Å²) >= 11 is 0. The molecule has 1 aromatic rings. The van der Waals surface area contributed by atoms with Crippen LogP contribution < -0.4 is 14.8 Å². The largest absolute Gasteiger partial charge is 0.490 e. The summed E-state index contributed by atoms with van der Waals surface area (Å²) in [5.74, 6) is 1.59. The Balaban J connectivity index is 2.24. The molecule has 1 aliphatic heterocycles. The first-order valence-corrected chi connectivity index (χ1v) is 7.48. The van der Waals surface area contributed by atoms with Crippen LogP contribution in [0.4, 0.5) is 0 Å². The Morgan fingerprint density at radius 2 is 1.86 bits per heavy atom. The first-order chi connectivity index (χ1) is 10.3. The molecule has 0 saturated heterocycles. The zero-order valence-electron chi connectivity index (χ0n) is 13.1. The average Bonchev–Trinajstić information content (AvgIpc) is 2.76. The molecular weight excluding hydrogens is 270 g/mol. The Labute approximate surface area is 126 Å². The Hall–Kier alpha value is -1.30. The third-order valence-electron chi connectivity index (χ3n) is 3.48. The molecule has 0 saturated carbocycles. The summed E-state index contributed by atoms with van der Waals surface area (Å²) in [5.41, 5.74) is 1.07. The van der Waals surface area contributed by atoms with E-state index in [9.17, 15) is 0 Å². The third-order valence-corrected chi connectivity index (χ3v) is 3.48. The van der Waals surface area contributed by atoms with Gasteiger partial charge >= 0.3 is 0 Å². The number of hydrogen-bond acceptors (Lipinski definition) is 5. The molecule has 1 aliphatic rings. The molecule has 0 aliphatic carbocycles. The van der Waals surface area contributed by atoms with E-state index in [-0.39, 0.29) is 12.3 Å². The molecule has 5 nitrogen and oxygen atoms in total. The van der Waals surface area contributed by atoms with Crippen molar-refractivity contribution in [3.63, 3.8) is 0 Å². The summed E-state index contributed by atoms with van der Waals surface area (Å²) in [7, 11) is 3.30. The van der Waals surface area contributed by atoms with Crippen molar-refractivity contribution in [2.45, 2.75) is 32.1 Å². The van der Waals surface area contributed by atoms with Crippen LogP contribution in [-0.4, -0.2) is 40.3 Å². The van der Waals surface area contributed by atoms with Crippen molar-refractivity contribution in [1.82, 2.24) is 5.32 Å². The summed E-state index contributed by atoms with van der Waals surface area (Å²) in [5, 5.41) is 3.46.